The number of carbonyl (C=O) groups excluding carboxylic acids is 1. The van der Waals surface area contributed by atoms with Crippen molar-refractivity contribution < 1.29 is 9.72 Å². The van der Waals surface area contributed by atoms with Crippen molar-refractivity contribution in [3.05, 3.63) is 34.4 Å². The van der Waals surface area contributed by atoms with Gasteiger partial charge in [0.05, 0.1) is 10.7 Å². The number of anilines is 1. The maximum atomic E-state index is 11.5. The summed E-state index contributed by atoms with van der Waals surface area (Å²) in [5.41, 5.74) is 0.424. The van der Waals surface area contributed by atoms with E-state index in [1.54, 1.807) is 12.1 Å². The van der Waals surface area contributed by atoms with Crippen LogP contribution in [0.5, 0.6) is 0 Å². The minimum Gasteiger partial charge on any atom is -0.325 e. The normalized spacial score (nSPS) is 10.3. The Balaban J connectivity index is 2.59. The highest BCUT2D eigenvalue weighted by Gasteiger charge is 2.08. The van der Waals surface area contributed by atoms with E-state index in [9.17, 15) is 14.9 Å². The number of hydrogen-bond acceptors (Lipinski definition) is 4. The molecule has 0 heterocycles. The molecule has 5 nitrogen and oxygen atoms in total. The molecule has 0 aliphatic heterocycles. The zero-order valence-corrected chi connectivity index (χ0v) is 10.5. The number of nitro groups is 1. The number of rotatable bonds is 5. The number of carbonyl (C=O) groups is 1. The van der Waals surface area contributed by atoms with Crippen molar-refractivity contribution in [2.24, 2.45) is 0 Å². The zero-order chi connectivity index (χ0) is 12.8. The summed E-state index contributed by atoms with van der Waals surface area (Å²) in [6.45, 7) is 4.01. The van der Waals surface area contributed by atoms with E-state index in [2.05, 4.69) is 5.32 Å². The molecule has 0 atom stereocenters. The highest BCUT2D eigenvalue weighted by molar-refractivity contribution is 8.00. The van der Waals surface area contributed by atoms with Crippen LogP contribution in [-0.2, 0) is 4.79 Å². The number of benzene rings is 1. The van der Waals surface area contributed by atoms with E-state index in [1.807, 2.05) is 13.8 Å². The molecular formula is C11H14N2O3S. The fourth-order valence-electron chi connectivity index (χ4n) is 1.14. The van der Waals surface area contributed by atoms with E-state index < -0.39 is 4.92 Å². The molecule has 1 rings (SSSR count). The van der Waals surface area contributed by atoms with Crippen molar-refractivity contribution in [1.82, 2.24) is 0 Å². The standard InChI is InChI=1S/C11H14N2O3S/c1-8(2)17-7-11(14)12-9-4-3-5-10(6-9)13(15)16/h3-6,8H,7H2,1-2H3,(H,12,14). The van der Waals surface area contributed by atoms with Gasteiger partial charge in [-0.05, 0) is 11.3 Å². The van der Waals surface area contributed by atoms with Crippen molar-refractivity contribution in [3.8, 4) is 0 Å². The number of thioether (sulfide) groups is 1. The number of nitrogens with zero attached hydrogens (tertiary/aromatic N) is 1. The molecule has 6 heteroatoms. The van der Waals surface area contributed by atoms with Crippen molar-refractivity contribution in [1.29, 1.82) is 0 Å². The molecule has 0 radical (unpaired) electrons. The van der Waals surface area contributed by atoms with Crippen molar-refractivity contribution in [2.45, 2.75) is 19.1 Å². The van der Waals surface area contributed by atoms with E-state index in [0.717, 1.165) is 0 Å². The Morgan fingerprint density at radius 3 is 2.82 bits per heavy atom. The van der Waals surface area contributed by atoms with E-state index in [0.29, 0.717) is 16.7 Å². The lowest BCUT2D eigenvalue weighted by atomic mass is 10.3. The number of nitro benzene ring substituents is 1. The second-order valence-corrected chi connectivity index (χ2v) is 5.28. The van der Waals surface area contributed by atoms with Gasteiger partial charge >= 0.3 is 0 Å². The molecule has 92 valence electrons. The summed E-state index contributed by atoms with van der Waals surface area (Å²) in [6, 6.07) is 5.91. The quantitative estimate of drug-likeness (QED) is 0.647. The minimum atomic E-state index is -0.488. The fraction of sp³-hybridized carbons (Fsp3) is 0.364. The second kappa shape index (κ2) is 6.24. The van der Waals surface area contributed by atoms with Crippen LogP contribution in [0.15, 0.2) is 24.3 Å². The summed E-state index contributed by atoms with van der Waals surface area (Å²) in [5.74, 6) is 0.199. The van der Waals surface area contributed by atoms with Gasteiger partial charge in [-0.3, -0.25) is 14.9 Å². The number of non-ortho nitro benzene ring substituents is 1. The smallest absolute Gasteiger partial charge is 0.271 e. The lowest BCUT2D eigenvalue weighted by molar-refractivity contribution is -0.384. The van der Waals surface area contributed by atoms with Crippen LogP contribution in [0.4, 0.5) is 11.4 Å². The van der Waals surface area contributed by atoms with E-state index in [1.165, 1.54) is 23.9 Å². The molecule has 0 bridgehead atoms. The molecule has 0 unspecified atom stereocenters. The molecule has 17 heavy (non-hydrogen) atoms. The summed E-state index contributed by atoms with van der Waals surface area (Å²) in [4.78, 5) is 21.6. The monoisotopic (exact) mass is 254 g/mol. The molecule has 0 saturated heterocycles. The van der Waals surface area contributed by atoms with Crippen LogP contribution in [-0.4, -0.2) is 21.8 Å². The molecule has 0 aliphatic carbocycles. The number of hydrogen-bond donors (Lipinski definition) is 1. The molecule has 1 aromatic rings. The first-order valence-corrected chi connectivity index (χ1v) is 6.20. The lowest BCUT2D eigenvalue weighted by Crippen LogP contribution is -2.15. The Morgan fingerprint density at radius 1 is 1.53 bits per heavy atom. The average Bonchev–Trinajstić information content (AvgIpc) is 2.26. The van der Waals surface area contributed by atoms with Gasteiger partial charge in [-0.15, -0.1) is 11.8 Å². The van der Waals surface area contributed by atoms with Crippen LogP contribution in [0.25, 0.3) is 0 Å². The van der Waals surface area contributed by atoms with Gasteiger partial charge in [-0.2, -0.15) is 0 Å². The molecule has 0 fully saturated rings. The first-order valence-electron chi connectivity index (χ1n) is 5.15. The molecule has 1 N–H and O–H groups in total. The van der Waals surface area contributed by atoms with Crippen LogP contribution in [0.1, 0.15) is 13.8 Å². The van der Waals surface area contributed by atoms with Gasteiger partial charge in [0.2, 0.25) is 5.91 Å². The fourth-order valence-corrected chi connectivity index (χ4v) is 1.69. The van der Waals surface area contributed by atoms with Crippen molar-refractivity contribution >= 4 is 29.0 Å². The Morgan fingerprint density at radius 2 is 2.24 bits per heavy atom. The molecule has 0 aromatic heterocycles. The van der Waals surface area contributed by atoms with E-state index >= 15 is 0 Å². The van der Waals surface area contributed by atoms with Crippen LogP contribution < -0.4 is 5.32 Å². The topological polar surface area (TPSA) is 72.2 Å². The molecular weight excluding hydrogens is 240 g/mol. The molecule has 0 spiro atoms. The lowest BCUT2D eigenvalue weighted by Gasteiger charge is -2.06. The number of amides is 1. The van der Waals surface area contributed by atoms with Crippen LogP contribution in [0.3, 0.4) is 0 Å². The predicted molar refractivity (Wildman–Crippen MR) is 69.3 cm³/mol. The molecule has 1 amide bonds. The molecule has 0 aliphatic rings. The van der Waals surface area contributed by atoms with Crippen molar-refractivity contribution in [2.75, 3.05) is 11.1 Å². The van der Waals surface area contributed by atoms with Crippen LogP contribution in [0.2, 0.25) is 0 Å². The third-order valence-electron chi connectivity index (χ3n) is 1.89. The highest BCUT2D eigenvalue weighted by atomic mass is 32.2. The first-order chi connectivity index (χ1) is 7.99. The third-order valence-corrected chi connectivity index (χ3v) is 2.98. The van der Waals surface area contributed by atoms with E-state index in [4.69, 9.17) is 0 Å². The first kappa shape index (κ1) is 13.5. The van der Waals surface area contributed by atoms with E-state index in [-0.39, 0.29) is 11.6 Å². The Labute approximate surface area is 104 Å². The van der Waals surface area contributed by atoms with Gasteiger partial charge in [-0.1, -0.05) is 19.9 Å². The van der Waals surface area contributed by atoms with Crippen LogP contribution in [0, 0.1) is 10.1 Å². The summed E-state index contributed by atoms with van der Waals surface area (Å²) < 4.78 is 0. The largest absolute Gasteiger partial charge is 0.325 e. The Bertz CT molecular complexity index is 421. The maximum absolute atomic E-state index is 11.5. The van der Waals surface area contributed by atoms with Gasteiger partial charge in [-0.25, -0.2) is 0 Å². The Kier molecular flexibility index (Phi) is 4.96. The second-order valence-electron chi connectivity index (χ2n) is 3.72. The molecule has 0 saturated carbocycles. The van der Waals surface area contributed by atoms with Gasteiger partial charge < -0.3 is 5.32 Å². The summed E-state index contributed by atoms with van der Waals surface area (Å²) in [7, 11) is 0. The highest BCUT2D eigenvalue weighted by Crippen LogP contribution is 2.17. The summed E-state index contributed by atoms with van der Waals surface area (Å²) in [6.07, 6.45) is 0. The van der Waals surface area contributed by atoms with Gasteiger partial charge in [0, 0.05) is 17.8 Å². The SMILES string of the molecule is CC(C)SCC(=O)Nc1cccc([N+](=O)[O-])c1. The minimum absolute atomic E-state index is 0.0284. The maximum Gasteiger partial charge on any atom is 0.271 e. The third kappa shape index (κ3) is 4.86. The number of nitrogens with one attached hydrogen (secondary N) is 1. The summed E-state index contributed by atoms with van der Waals surface area (Å²) in [5, 5.41) is 13.6. The molecule has 1 aromatic carbocycles. The average molecular weight is 254 g/mol. The van der Waals surface area contributed by atoms with Crippen LogP contribution >= 0.6 is 11.8 Å². The van der Waals surface area contributed by atoms with Crippen molar-refractivity contribution in [3.63, 3.8) is 0 Å². The zero-order valence-electron chi connectivity index (χ0n) is 9.67. The predicted octanol–water partition coefficient (Wildman–Crippen LogP) is 2.67. The van der Waals surface area contributed by atoms with Gasteiger partial charge in [0.1, 0.15) is 0 Å². The van der Waals surface area contributed by atoms with Gasteiger partial charge in [0.15, 0.2) is 0 Å². The van der Waals surface area contributed by atoms with Gasteiger partial charge in [0.25, 0.3) is 5.69 Å². The summed E-state index contributed by atoms with van der Waals surface area (Å²) >= 11 is 1.52. The Hall–Kier alpha value is -1.56.